The van der Waals surface area contributed by atoms with E-state index in [0.717, 1.165) is 0 Å². The molecule has 9 heavy (non-hydrogen) atoms. The molecule has 0 aromatic rings. The maximum Gasteiger partial charge on any atom is 0.350 e. The van der Waals surface area contributed by atoms with Gasteiger partial charge in [-0.1, -0.05) is 27.7 Å². The van der Waals surface area contributed by atoms with Gasteiger partial charge >= 0.3 is 5.97 Å². The number of nitrogens with zero attached hydrogens (tertiary/aromatic N) is 1. The number of carbonyl (C=O) groups excluding carboxylic acids is 1. The fraction of sp³-hybridized carbons (Fsp3) is 0.600. The first-order chi connectivity index (χ1) is 3.98. The minimum atomic E-state index is -0.515. The minimum Gasteiger partial charge on any atom is -0.317 e. The molecule has 4 heteroatoms. The van der Waals surface area contributed by atoms with Crippen molar-refractivity contribution in [1.29, 1.82) is 0 Å². The highest BCUT2D eigenvalue weighted by Crippen LogP contribution is 2.17. The summed E-state index contributed by atoms with van der Waals surface area (Å²) in [6.45, 7) is 6.49. The molecule has 0 saturated heterocycles. The van der Waals surface area contributed by atoms with Crippen LogP contribution in [0, 0.1) is 0 Å². The maximum absolute atomic E-state index is 10.7. The quantitative estimate of drug-likeness (QED) is 0.241. The van der Waals surface area contributed by atoms with Crippen LogP contribution in [0.15, 0.2) is 5.16 Å². The molecular weight excluding hydrogens is 233 g/mol. The second-order valence-corrected chi connectivity index (χ2v) is 4.68. The summed E-state index contributed by atoms with van der Waals surface area (Å²) in [5, 5.41) is 3.00. The molecule has 0 amide bonds. The SMILES string of the molecule is C=NOC(=O)C(C)(C)I. The number of oxime groups is 1. The van der Waals surface area contributed by atoms with Crippen LogP contribution in [0.25, 0.3) is 0 Å². The van der Waals surface area contributed by atoms with Crippen molar-refractivity contribution in [2.45, 2.75) is 17.3 Å². The molecule has 0 N–H and O–H groups in total. The summed E-state index contributed by atoms with van der Waals surface area (Å²) >= 11 is 1.96. The van der Waals surface area contributed by atoms with E-state index < -0.39 is 3.42 Å². The van der Waals surface area contributed by atoms with E-state index in [1.165, 1.54) is 0 Å². The Morgan fingerprint density at radius 3 is 2.33 bits per heavy atom. The molecule has 0 radical (unpaired) electrons. The molecule has 0 aliphatic carbocycles. The second-order valence-electron chi connectivity index (χ2n) is 1.98. The second kappa shape index (κ2) is 3.14. The van der Waals surface area contributed by atoms with Crippen molar-refractivity contribution in [3.8, 4) is 0 Å². The van der Waals surface area contributed by atoms with Gasteiger partial charge in [-0.15, -0.1) is 0 Å². The van der Waals surface area contributed by atoms with E-state index in [1.54, 1.807) is 13.8 Å². The first-order valence-corrected chi connectivity index (χ1v) is 3.42. The van der Waals surface area contributed by atoms with Gasteiger partial charge in [-0.3, -0.25) is 0 Å². The molecule has 0 spiro atoms. The third kappa shape index (κ3) is 3.45. The summed E-state index contributed by atoms with van der Waals surface area (Å²) in [4.78, 5) is 15.0. The van der Waals surface area contributed by atoms with Crippen LogP contribution in [0.1, 0.15) is 13.8 Å². The topological polar surface area (TPSA) is 38.7 Å². The Kier molecular flexibility index (Phi) is 3.10. The average Bonchev–Trinajstić information content (AvgIpc) is 1.64. The zero-order valence-electron chi connectivity index (χ0n) is 5.35. The molecule has 0 saturated carbocycles. The van der Waals surface area contributed by atoms with E-state index in [-0.39, 0.29) is 5.97 Å². The number of hydrogen-bond acceptors (Lipinski definition) is 3. The molecule has 0 rings (SSSR count). The largest absolute Gasteiger partial charge is 0.350 e. The summed E-state index contributed by atoms with van der Waals surface area (Å²) in [5.41, 5.74) is 0. The summed E-state index contributed by atoms with van der Waals surface area (Å²) in [6.07, 6.45) is 0. The number of rotatable bonds is 2. The summed E-state index contributed by atoms with van der Waals surface area (Å²) in [5.74, 6) is -0.377. The normalized spacial score (nSPS) is 10.6. The minimum absolute atomic E-state index is 0.377. The Morgan fingerprint density at radius 1 is 1.78 bits per heavy atom. The van der Waals surface area contributed by atoms with Gasteiger partial charge in [0.25, 0.3) is 0 Å². The fourth-order valence-electron chi connectivity index (χ4n) is 0.167. The van der Waals surface area contributed by atoms with E-state index in [4.69, 9.17) is 0 Å². The summed E-state index contributed by atoms with van der Waals surface area (Å²) in [6, 6.07) is 0. The molecule has 0 heterocycles. The third-order valence-electron chi connectivity index (χ3n) is 0.633. The van der Waals surface area contributed by atoms with Gasteiger partial charge < -0.3 is 4.84 Å². The molecule has 0 aromatic carbocycles. The van der Waals surface area contributed by atoms with Crippen molar-refractivity contribution in [3.05, 3.63) is 0 Å². The highest BCUT2D eigenvalue weighted by Gasteiger charge is 2.25. The molecule has 0 aliphatic rings. The lowest BCUT2D eigenvalue weighted by molar-refractivity contribution is -0.144. The molecule has 0 aromatic heterocycles. The summed E-state index contributed by atoms with van der Waals surface area (Å²) in [7, 11) is 0. The van der Waals surface area contributed by atoms with Crippen LogP contribution in [0.5, 0.6) is 0 Å². The zero-order chi connectivity index (χ0) is 7.49. The van der Waals surface area contributed by atoms with Gasteiger partial charge in [0.05, 0.1) is 0 Å². The van der Waals surface area contributed by atoms with Crippen molar-refractivity contribution in [2.24, 2.45) is 5.16 Å². The Hall–Kier alpha value is -0.130. The Balaban J connectivity index is 3.88. The highest BCUT2D eigenvalue weighted by atomic mass is 127. The first-order valence-electron chi connectivity index (χ1n) is 2.35. The van der Waals surface area contributed by atoms with Crippen molar-refractivity contribution in [2.75, 3.05) is 0 Å². The smallest absolute Gasteiger partial charge is 0.317 e. The van der Waals surface area contributed by atoms with E-state index in [9.17, 15) is 4.79 Å². The number of halogens is 1. The molecule has 0 atom stereocenters. The molecule has 0 aliphatic heterocycles. The fourth-order valence-corrected chi connectivity index (χ4v) is 0.266. The Bertz CT molecular complexity index is 127. The molecule has 0 fully saturated rings. The van der Waals surface area contributed by atoms with Crippen LogP contribution in [-0.4, -0.2) is 16.1 Å². The molecule has 0 unspecified atom stereocenters. The Labute approximate surface area is 67.6 Å². The van der Waals surface area contributed by atoms with Gasteiger partial charge in [-0.05, 0) is 13.8 Å². The third-order valence-corrected chi connectivity index (χ3v) is 1.07. The van der Waals surface area contributed by atoms with Gasteiger partial charge in [0.15, 0.2) is 0 Å². The van der Waals surface area contributed by atoms with E-state index in [2.05, 4.69) is 16.7 Å². The number of hydrogen-bond donors (Lipinski definition) is 0. The van der Waals surface area contributed by atoms with E-state index in [0.29, 0.717) is 0 Å². The lowest BCUT2D eigenvalue weighted by Crippen LogP contribution is -2.24. The van der Waals surface area contributed by atoms with Crippen LogP contribution in [0.2, 0.25) is 0 Å². The van der Waals surface area contributed by atoms with E-state index in [1.807, 2.05) is 22.6 Å². The van der Waals surface area contributed by atoms with Crippen molar-refractivity contribution >= 4 is 35.3 Å². The molecule has 52 valence electrons. The molecular formula is C5H8INO2. The van der Waals surface area contributed by atoms with Crippen LogP contribution < -0.4 is 0 Å². The van der Waals surface area contributed by atoms with Gasteiger partial charge in [0.2, 0.25) is 0 Å². The van der Waals surface area contributed by atoms with Crippen molar-refractivity contribution in [1.82, 2.24) is 0 Å². The first kappa shape index (κ1) is 8.87. The number of alkyl halides is 1. The zero-order valence-corrected chi connectivity index (χ0v) is 7.51. The lowest BCUT2D eigenvalue weighted by atomic mass is 10.2. The Morgan fingerprint density at radius 2 is 2.22 bits per heavy atom. The van der Waals surface area contributed by atoms with Gasteiger partial charge in [-0.25, -0.2) is 4.79 Å². The van der Waals surface area contributed by atoms with Gasteiger partial charge in [0.1, 0.15) is 3.42 Å². The van der Waals surface area contributed by atoms with Crippen LogP contribution >= 0.6 is 22.6 Å². The predicted octanol–water partition coefficient (Wildman–Crippen LogP) is 1.36. The highest BCUT2D eigenvalue weighted by molar-refractivity contribution is 14.1. The average molecular weight is 241 g/mol. The van der Waals surface area contributed by atoms with Crippen LogP contribution in [-0.2, 0) is 9.63 Å². The number of carbonyl (C=O) groups is 1. The van der Waals surface area contributed by atoms with E-state index >= 15 is 0 Å². The molecule has 0 bridgehead atoms. The predicted molar refractivity (Wildman–Crippen MR) is 43.7 cm³/mol. The van der Waals surface area contributed by atoms with Crippen LogP contribution in [0.3, 0.4) is 0 Å². The van der Waals surface area contributed by atoms with Crippen LogP contribution in [0.4, 0.5) is 0 Å². The standard InChI is InChI=1S/C5H8INO2/c1-5(2,6)4(8)9-7-3/h3H2,1-2H3. The van der Waals surface area contributed by atoms with Gasteiger partial charge in [-0.2, -0.15) is 0 Å². The monoisotopic (exact) mass is 241 g/mol. The van der Waals surface area contributed by atoms with Crippen molar-refractivity contribution < 1.29 is 9.63 Å². The summed E-state index contributed by atoms with van der Waals surface area (Å²) < 4.78 is -0.515. The maximum atomic E-state index is 10.7. The van der Waals surface area contributed by atoms with Gasteiger partial charge in [0, 0.05) is 6.72 Å². The molecule has 3 nitrogen and oxygen atoms in total. The lowest BCUT2D eigenvalue weighted by Gasteiger charge is -2.09. The van der Waals surface area contributed by atoms with Crippen molar-refractivity contribution in [3.63, 3.8) is 0 Å².